The number of benzene rings is 1. The van der Waals surface area contributed by atoms with Gasteiger partial charge in [-0.05, 0) is 31.2 Å². The lowest BCUT2D eigenvalue weighted by Crippen LogP contribution is -2.35. The van der Waals surface area contributed by atoms with Crippen molar-refractivity contribution in [1.29, 1.82) is 0 Å². The number of rotatable bonds is 2. The summed E-state index contributed by atoms with van der Waals surface area (Å²) in [6, 6.07) is 7.12. The van der Waals surface area contributed by atoms with Gasteiger partial charge in [0.05, 0.1) is 11.3 Å². The van der Waals surface area contributed by atoms with Crippen LogP contribution in [0, 0.1) is 6.92 Å². The quantitative estimate of drug-likeness (QED) is 0.849. The molecule has 0 fully saturated rings. The molecule has 100 valence electrons. The van der Waals surface area contributed by atoms with Crippen molar-refractivity contribution in [3.05, 3.63) is 55.8 Å². The van der Waals surface area contributed by atoms with E-state index in [0.717, 1.165) is 10.3 Å². The number of anilines is 1. The van der Waals surface area contributed by atoms with Crippen LogP contribution in [0.15, 0.2) is 33.9 Å². The monoisotopic (exact) mass is 279 g/mol. The van der Waals surface area contributed by atoms with Crippen molar-refractivity contribution in [2.75, 3.05) is 19.0 Å². The molecule has 0 bridgehead atoms. The van der Waals surface area contributed by atoms with Crippen LogP contribution in [0.2, 0.25) is 5.15 Å². The third-order valence-corrected chi connectivity index (χ3v) is 3.28. The fraction of sp³-hybridized carbons (Fsp3) is 0.231. The molecule has 0 atom stereocenters. The molecule has 19 heavy (non-hydrogen) atoms. The van der Waals surface area contributed by atoms with Gasteiger partial charge >= 0.3 is 5.69 Å². The number of aromatic amines is 1. The van der Waals surface area contributed by atoms with Crippen molar-refractivity contribution in [2.24, 2.45) is 0 Å². The van der Waals surface area contributed by atoms with Gasteiger partial charge in [-0.15, -0.1) is 0 Å². The summed E-state index contributed by atoms with van der Waals surface area (Å²) in [4.78, 5) is 28.3. The van der Waals surface area contributed by atoms with Gasteiger partial charge in [0.15, 0.2) is 0 Å². The van der Waals surface area contributed by atoms with Crippen LogP contribution in [0.5, 0.6) is 0 Å². The Kier molecular flexibility index (Phi) is 3.48. The van der Waals surface area contributed by atoms with Gasteiger partial charge in [0.1, 0.15) is 5.15 Å². The SMILES string of the molecule is Cc1c(Cl)[nH]c(=O)n(-c2ccc(N(C)C)cc2)c1=O. The Labute approximate surface area is 115 Å². The second-order valence-electron chi connectivity index (χ2n) is 4.42. The summed E-state index contributed by atoms with van der Waals surface area (Å²) in [5.41, 5.74) is 0.859. The van der Waals surface area contributed by atoms with Crippen LogP contribution in [0.4, 0.5) is 5.69 Å². The van der Waals surface area contributed by atoms with Gasteiger partial charge in [0.25, 0.3) is 5.56 Å². The molecule has 5 nitrogen and oxygen atoms in total. The highest BCUT2D eigenvalue weighted by Gasteiger charge is 2.10. The second-order valence-corrected chi connectivity index (χ2v) is 4.80. The minimum Gasteiger partial charge on any atom is -0.378 e. The van der Waals surface area contributed by atoms with Crippen LogP contribution in [0.1, 0.15) is 5.56 Å². The van der Waals surface area contributed by atoms with Gasteiger partial charge in [-0.1, -0.05) is 11.6 Å². The fourth-order valence-corrected chi connectivity index (χ4v) is 1.89. The van der Waals surface area contributed by atoms with E-state index in [1.165, 1.54) is 0 Å². The first-order chi connectivity index (χ1) is 8.91. The molecule has 2 rings (SSSR count). The minimum absolute atomic E-state index is 0.0798. The minimum atomic E-state index is -0.543. The van der Waals surface area contributed by atoms with E-state index in [2.05, 4.69) is 4.98 Å². The molecule has 0 aliphatic heterocycles. The summed E-state index contributed by atoms with van der Waals surface area (Å²) in [6.45, 7) is 1.57. The molecular formula is C13H14ClN3O2. The Hall–Kier alpha value is -2.01. The molecule has 1 N–H and O–H groups in total. The molecule has 0 aliphatic rings. The van der Waals surface area contributed by atoms with Gasteiger partial charge in [-0.2, -0.15) is 0 Å². The number of nitrogens with one attached hydrogen (secondary N) is 1. The highest BCUT2D eigenvalue weighted by Crippen LogP contribution is 2.14. The van der Waals surface area contributed by atoms with Crippen LogP contribution in [0.25, 0.3) is 5.69 Å². The number of nitrogens with zero attached hydrogens (tertiary/aromatic N) is 2. The molecule has 0 unspecified atom stereocenters. The third kappa shape index (κ3) is 2.42. The Morgan fingerprint density at radius 3 is 2.26 bits per heavy atom. The number of hydrogen-bond donors (Lipinski definition) is 1. The average molecular weight is 280 g/mol. The predicted octanol–water partition coefficient (Wildman–Crippen LogP) is 1.55. The van der Waals surface area contributed by atoms with Gasteiger partial charge in [0.2, 0.25) is 0 Å². The molecular weight excluding hydrogens is 266 g/mol. The van der Waals surface area contributed by atoms with E-state index in [1.807, 2.05) is 31.1 Å². The van der Waals surface area contributed by atoms with E-state index >= 15 is 0 Å². The van der Waals surface area contributed by atoms with Crippen LogP contribution >= 0.6 is 11.6 Å². The zero-order valence-electron chi connectivity index (χ0n) is 10.9. The molecule has 0 saturated heterocycles. The predicted molar refractivity (Wildman–Crippen MR) is 76.7 cm³/mol. The first kappa shape index (κ1) is 13.4. The maximum atomic E-state index is 12.1. The molecule has 1 heterocycles. The van der Waals surface area contributed by atoms with E-state index < -0.39 is 11.2 Å². The summed E-state index contributed by atoms with van der Waals surface area (Å²) in [5, 5.41) is 0.0798. The van der Waals surface area contributed by atoms with Crippen molar-refractivity contribution in [1.82, 2.24) is 9.55 Å². The lowest BCUT2D eigenvalue weighted by atomic mass is 10.2. The summed E-state index contributed by atoms with van der Waals surface area (Å²) >= 11 is 5.77. The molecule has 2 aromatic rings. The van der Waals surface area contributed by atoms with Gasteiger partial charge < -0.3 is 4.90 Å². The van der Waals surface area contributed by atoms with E-state index in [9.17, 15) is 9.59 Å². The summed E-state index contributed by atoms with van der Waals surface area (Å²) in [5.74, 6) is 0. The topological polar surface area (TPSA) is 58.1 Å². The van der Waals surface area contributed by atoms with Crippen molar-refractivity contribution in [2.45, 2.75) is 6.92 Å². The van der Waals surface area contributed by atoms with Crippen LogP contribution in [0.3, 0.4) is 0 Å². The lowest BCUT2D eigenvalue weighted by molar-refractivity contribution is 0.860. The molecule has 1 aromatic heterocycles. The van der Waals surface area contributed by atoms with E-state index in [-0.39, 0.29) is 5.15 Å². The Balaban J connectivity index is 2.63. The Morgan fingerprint density at radius 1 is 1.16 bits per heavy atom. The van der Waals surface area contributed by atoms with Crippen molar-refractivity contribution >= 4 is 17.3 Å². The second kappa shape index (κ2) is 4.93. The lowest BCUT2D eigenvalue weighted by Gasteiger charge is -2.13. The Morgan fingerprint density at radius 2 is 1.74 bits per heavy atom. The summed E-state index contributed by atoms with van der Waals surface area (Å²) < 4.78 is 1.07. The number of H-pyrrole nitrogens is 1. The van der Waals surface area contributed by atoms with Gasteiger partial charge in [-0.3, -0.25) is 9.78 Å². The molecule has 1 aromatic carbocycles. The summed E-state index contributed by atoms with van der Waals surface area (Å²) in [6.07, 6.45) is 0. The smallest absolute Gasteiger partial charge is 0.334 e. The normalized spacial score (nSPS) is 10.5. The zero-order valence-corrected chi connectivity index (χ0v) is 11.7. The summed E-state index contributed by atoms with van der Waals surface area (Å²) in [7, 11) is 3.83. The number of hydrogen-bond acceptors (Lipinski definition) is 3. The van der Waals surface area contributed by atoms with Gasteiger partial charge in [0, 0.05) is 19.8 Å². The highest BCUT2D eigenvalue weighted by molar-refractivity contribution is 6.30. The van der Waals surface area contributed by atoms with Crippen LogP contribution in [-0.4, -0.2) is 23.6 Å². The number of halogens is 1. The largest absolute Gasteiger partial charge is 0.378 e. The maximum Gasteiger partial charge on any atom is 0.334 e. The maximum absolute atomic E-state index is 12.1. The average Bonchev–Trinajstić information content (AvgIpc) is 2.37. The zero-order chi connectivity index (χ0) is 14.2. The molecule has 0 aliphatic carbocycles. The van der Waals surface area contributed by atoms with E-state index in [1.54, 1.807) is 19.1 Å². The molecule has 0 radical (unpaired) electrons. The molecule has 6 heteroatoms. The molecule has 0 saturated carbocycles. The van der Waals surface area contributed by atoms with E-state index in [4.69, 9.17) is 11.6 Å². The van der Waals surface area contributed by atoms with Crippen LogP contribution in [-0.2, 0) is 0 Å². The molecule has 0 amide bonds. The fourth-order valence-electron chi connectivity index (χ4n) is 1.73. The molecule has 0 spiro atoms. The van der Waals surface area contributed by atoms with Crippen LogP contribution < -0.4 is 16.1 Å². The third-order valence-electron chi connectivity index (χ3n) is 2.90. The van der Waals surface area contributed by atoms with Crippen molar-refractivity contribution in [3.8, 4) is 5.69 Å². The van der Waals surface area contributed by atoms with Crippen molar-refractivity contribution in [3.63, 3.8) is 0 Å². The van der Waals surface area contributed by atoms with E-state index in [0.29, 0.717) is 11.3 Å². The number of aromatic nitrogens is 2. The first-order valence-corrected chi connectivity index (χ1v) is 6.09. The standard InChI is InChI=1S/C13H14ClN3O2/c1-8-11(14)15-13(19)17(12(8)18)10-6-4-9(5-7-10)16(2)3/h4-7H,1-3H3,(H,15,19). The van der Waals surface area contributed by atoms with Gasteiger partial charge in [-0.25, -0.2) is 9.36 Å². The first-order valence-electron chi connectivity index (χ1n) is 5.71. The Bertz CT molecular complexity index is 714. The highest BCUT2D eigenvalue weighted by atomic mass is 35.5. The van der Waals surface area contributed by atoms with Crippen molar-refractivity contribution < 1.29 is 0 Å².